The summed E-state index contributed by atoms with van der Waals surface area (Å²) in [7, 11) is 0. The highest BCUT2D eigenvalue weighted by Gasteiger charge is 2.33. The summed E-state index contributed by atoms with van der Waals surface area (Å²) in [6, 6.07) is 15.4. The Hall–Kier alpha value is -1.91. The zero-order valence-corrected chi connectivity index (χ0v) is 15.3. The van der Waals surface area contributed by atoms with E-state index in [4.69, 9.17) is 0 Å². The third kappa shape index (κ3) is 3.70. The van der Waals surface area contributed by atoms with Gasteiger partial charge in [0.25, 0.3) is 5.91 Å². The maximum atomic E-state index is 12.8. The van der Waals surface area contributed by atoms with E-state index in [0.717, 1.165) is 26.1 Å². The molecule has 4 rings (SSSR count). The summed E-state index contributed by atoms with van der Waals surface area (Å²) in [6.45, 7) is 3.35. The van der Waals surface area contributed by atoms with Crippen molar-refractivity contribution in [1.82, 2.24) is 4.90 Å². The predicted octanol–water partition coefficient (Wildman–Crippen LogP) is 2.78. The van der Waals surface area contributed by atoms with E-state index in [1.165, 1.54) is 33.8 Å². The zero-order valence-electron chi connectivity index (χ0n) is 14.5. The summed E-state index contributed by atoms with van der Waals surface area (Å²) in [6.07, 6.45) is 5.62. The number of benzene rings is 1. The van der Waals surface area contributed by atoms with E-state index in [2.05, 4.69) is 47.9 Å². The van der Waals surface area contributed by atoms with Crippen LogP contribution in [0.3, 0.4) is 0 Å². The first kappa shape index (κ1) is 16.6. The molecule has 1 fully saturated rings. The van der Waals surface area contributed by atoms with E-state index in [1.807, 2.05) is 22.3 Å². The van der Waals surface area contributed by atoms with Crippen LogP contribution in [0.4, 0.5) is 0 Å². The number of rotatable bonds is 4. The van der Waals surface area contributed by atoms with Crippen LogP contribution in [0.2, 0.25) is 0 Å². The monoisotopic (exact) mass is 353 g/mol. The van der Waals surface area contributed by atoms with Gasteiger partial charge in [-0.3, -0.25) is 4.79 Å². The fourth-order valence-corrected chi connectivity index (χ4v) is 4.99. The van der Waals surface area contributed by atoms with Gasteiger partial charge in [0.15, 0.2) is 6.54 Å². The summed E-state index contributed by atoms with van der Waals surface area (Å²) in [5.41, 5.74) is 2.66. The second kappa shape index (κ2) is 7.54. The van der Waals surface area contributed by atoms with Gasteiger partial charge < -0.3 is 9.80 Å². The van der Waals surface area contributed by atoms with Gasteiger partial charge >= 0.3 is 0 Å². The van der Waals surface area contributed by atoms with Crippen LogP contribution in [0.25, 0.3) is 5.57 Å². The van der Waals surface area contributed by atoms with E-state index >= 15 is 0 Å². The number of nitrogens with zero attached hydrogens (tertiary/aromatic N) is 1. The van der Waals surface area contributed by atoms with E-state index < -0.39 is 0 Å². The van der Waals surface area contributed by atoms with Crippen LogP contribution < -0.4 is 4.90 Å². The molecule has 0 saturated carbocycles. The first-order valence-corrected chi connectivity index (χ1v) is 10.1. The van der Waals surface area contributed by atoms with Crippen molar-refractivity contribution in [2.24, 2.45) is 0 Å². The molecule has 1 amide bonds. The number of hydrogen-bond acceptors (Lipinski definition) is 2. The molecule has 1 saturated heterocycles. The Bertz CT molecular complexity index is 739. The van der Waals surface area contributed by atoms with E-state index in [9.17, 15) is 4.79 Å². The second-order valence-electron chi connectivity index (χ2n) is 6.98. The molecule has 0 spiro atoms. The molecule has 3 nitrogen and oxygen atoms in total. The first-order valence-electron chi connectivity index (χ1n) is 9.21. The van der Waals surface area contributed by atoms with Crippen molar-refractivity contribution in [1.29, 1.82) is 0 Å². The van der Waals surface area contributed by atoms with Crippen LogP contribution in [0.15, 0.2) is 53.9 Å². The molecule has 130 valence electrons. The van der Waals surface area contributed by atoms with Crippen LogP contribution in [-0.2, 0) is 4.79 Å². The summed E-state index contributed by atoms with van der Waals surface area (Å²) < 4.78 is 0. The molecule has 0 aliphatic carbocycles. The fourth-order valence-electron chi connectivity index (χ4n) is 4.07. The van der Waals surface area contributed by atoms with Gasteiger partial charge in [0.1, 0.15) is 6.04 Å². The number of quaternary nitrogens is 1. The smallest absolute Gasteiger partial charge is 0.278 e. The Kier molecular flexibility index (Phi) is 4.99. The zero-order chi connectivity index (χ0) is 17.1. The fraction of sp³-hybridized carbons (Fsp3) is 0.381. The molecule has 2 aliphatic rings. The molecule has 2 atom stereocenters. The maximum Gasteiger partial charge on any atom is 0.278 e. The van der Waals surface area contributed by atoms with Gasteiger partial charge in [0.2, 0.25) is 0 Å². The highest BCUT2D eigenvalue weighted by molar-refractivity contribution is 7.10. The summed E-state index contributed by atoms with van der Waals surface area (Å²) >= 11 is 1.83. The number of nitrogens with one attached hydrogen (secondary N) is 1. The standard InChI is InChI=1S/C21H24N2OS/c24-21(16-23-12-4-8-19(23)20-9-5-15-25-20)22-13-10-18(11-14-22)17-6-2-1-3-7-17/h1-3,5-7,9-10,15,19H,4,8,11-14,16H2/p+1/t19-/m1/s1. The first-order chi connectivity index (χ1) is 12.3. The molecule has 25 heavy (non-hydrogen) atoms. The van der Waals surface area contributed by atoms with Crippen LogP contribution in [-0.4, -0.2) is 37.0 Å². The Morgan fingerprint density at radius 2 is 2.08 bits per heavy atom. The van der Waals surface area contributed by atoms with Crippen molar-refractivity contribution >= 4 is 22.8 Å². The topological polar surface area (TPSA) is 24.8 Å². The Balaban J connectivity index is 1.37. The molecule has 0 radical (unpaired) electrons. The summed E-state index contributed by atoms with van der Waals surface area (Å²) in [5.74, 6) is 0.307. The van der Waals surface area contributed by atoms with Crippen LogP contribution in [0.1, 0.15) is 35.7 Å². The molecule has 1 aromatic carbocycles. The van der Waals surface area contributed by atoms with Gasteiger partial charge in [-0.2, -0.15) is 0 Å². The highest BCUT2D eigenvalue weighted by Crippen LogP contribution is 2.24. The maximum absolute atomic E-state index is 12.8. The second-order valence-corrected chi connectivity index (χ2v) is 7.96. The number of amides is 1. The van der Waals surface area contributed by atoms with Crippen molar-refractivity contribution < 1.29 is 9.69 Å². The molecule has 4 heteroatoms. The number of likely N-dealkylation sites (tertiary alicyclic amines) is 1. The number of carbonyl (C=O) groups excluding carboxylic acids is 1. The molecule has 1 N–H and O–H groups in total. The van der Waals surface area contributed by atoms with Crippen LogP contribution in [0, 0.1) is 0 Å². The Labute approximate surface area is 153 Å². The minimum absolute atomic E-state index is 0.307. The minimum atomic E-state index is 0.307. The molecule has 0 bridgehead atoms. The molecular formula is C21H25N2OS+. The van der Waals surface area contributed by atoms with Crippen molar-refractivity contribution in [3.8, 4) is 0 Å². The van der Waals surface area contributed by atoms with Crippen molar-refractivity contribution in [2.75, 3.05) is 26.2 Å². The van der Waals surface area contributed by atoms with E-state index in [-0.39, 0.29) is 0 Å². The van der Waals surface area contributed by atoms with Gasteiger partial charge in [0, 0.05) is 25.9 Å². The lowest BCUT2D eigenvalue weighted by atomic mass is 9.99. The SMILES string of the molecule is O=C(C[NH+]1CCC[C@@H]1c1cccs1)N1CC=C(c2ccccc2)CC1. The average molecular weight is 354 g/mol. The van der Waals surface area contributed by atoms with Gasteiger partial charge in [-0.1, -0.05) is 42.5 Å². The number of thiophene rings is 1. The number of hydrogen-bond donors (Lipinski definition) is 1. The van der Waals surface area contributed by atoms with Crippen LogP contribution in [0.5, 0.6) is 0 Å². The molecule has 2 aromatic rings. The largest absolute Gasteiger partial charge is 0.334 e. The van der Waals surface area contributed by atoms with E-state index in [1.54, 1.807) is 0 Å². The molecule has 1 unspecified atom stereocenters. The summed E-state index contributed by atoms with van der Waals surface area (Å²) in [5, 5.41) is 2.15. The van der Waals surface area contributed by atoms with Crippen molar-refractivity contribution in [2.45, 2.75) is 25.3 Å². The normalized spacial score (nSPS) is 23.5. The van der Waals surface area contributed by atoms with Gasteiger partial charge in [-0.15, -0.1) is 11.3 Å². The van der Waals surface area contributed by atoms with Gasteiger partial charge in [0.05, 0.1) is 11.4 Å². The lowest BCUT2D eigenvalue weighted by Crippen LogP contribution is -3.11. The minimum Gasteiger partial charge on any atom is -0.334 e. The van der Waals surface area contributed by atoms with E-state index in [0.29, 0.717) is 18.5 Å². The highest BCUT2D eigenvalue weighted by atomic mass is 32.1. The predicted molar refractivity (Wildman–Crippen MR) is 103 cm³/mol. The third-order valence-electron chi connectivity index (χ3n) is 5.45. The van der Waals surface area contributed by atoms with Crippen LogP contribution >= 0.6 is 11.3 Å². The molecule has 2 aliphatic heterocycles. The molecular weight excluding hydrogens is 328 g/mol. The summed E-state index contributed by atoms with van der Waals surface area (Å²) in [4.78, 5) is 17.7. The van der Waals surface area contributed by atoms with Crippen molar-refractivity contribution in [3.05, 3.63) is 64.4 Å². The van der Waals surface area contributed by atoms with Gasteiger partial charge in [-0.05, 0) is 29.0 Å². The van der Waals surface area contributed by atoms with Crippen molar-refractivity contribution in [3.63, 3.8) is 0 Å². The quantitative estimate of drug-likeness (QED) is 0.898. The molecule has 3 heterocycles. The number of carbonyl (C=O) groups is 1. The average Bonchev–Trinajstić information content (AvgIpc) is 3.34. The van der Waals surface area contributed by atoms with Gasteiger partial charge in [-0.25, -0.2) is 0 Å². The lowest BCUT2D eigenvalue weighted by molar-refractivity contribution is -0.910. The third-order valence-corrected chi connectivity index (χ3v) is 6.44. The lowest BCUT2D eigenvalue weighted by Gasteiger charge is -2.28. The Morgan fingerprint density at radius 3 is 2.80 bits per heavy atom. The Morgan fingerprint density at radius 1 is 1.20 bits per heavy atom. The molecule has 1 aromatic heterocycles.